The summed E-state index contributed by atoms with van der Waals surface area (Å²) in [5, 5.41) is -0.801. The van der Waals surface area contributed by atoms with Gasteiger partial charge in [0, 0.05) is 12.3 Å². The number of nitrogens with two attached hydrogens (primary N) is 1. The van der Waals surface area contributed by atoms with E-state index in [-0.39, 0.29) is 12.0 Å². The summed E-state index contributed by atoms with van der Waals surface area (Å²) >= 11 is 0. The first-order valence-electron chi connectivity index (χ1n) is 5.10. The van der Waals surface area contributed by atoms with Crippen LogP contribution in [0.15, 0.2) is 18.2 Å². The van der Waals surface area contributed by atoms with Gasteiger partial charge in [0.1, 0.15) is 11.6 Å². The van der Waals surface area contributed by atoms with Crippen LogP contribution in [0.2, 0.25) is 0 Å². The van der Waals surface area contributed by atoms with E-state index < -0.39 is 32.8 Å². The van der Waals surface area contributed by atoms with Gasteiger partial charge in [-0.15, -0.1) is 0 Å². The minimum Gasteiger partial charge on any atom is -0.326 e. The Bertz CT molecular complexity index is 502. The van der Waals surface area contributed by atoms with E-state index >= 15 is 0 Å². The number of benzene rings is 1. The van der Waals surface area contributed by atoms with Crippen LogP contribution in [0.25, 0.3) is 0 Å². The molecule has 2 atom stereocenters. The molecule has 3 nitrogen and oxygen atoms in total. The van der Waals surface area contributed by atoms with Crippen LogP contribution >= 0.6 is 0 Å². The van der Waals surface area contributed by atoms with Crippen molar-refractivity contribution in [2.45, 2.75) is 24.6 Å². The third-order valence-corrected chi connectivity index (χ3v) is 4.44. The van der Waals surface area contributed by atoms with Crippen LogP contribution < -0.4 is 5.73 Å². The highest BCUT2D eigenvalue weighted by atomic mass is 32.2. The van der Waals surface area contributed by atoms with E-state index in [4.69, 9.17) is 5.73 Å². The molecule has 6 heteroatoms. The number of rotatable bonds is 4. The Labute approximate surface area is 99.6 Å². The molecule has 0 radical (unpaired) electrons. The Balaban J connectivity index is 2.88. The molecule has 0 amide bonds. The predicted octanol–water partition coefficient (Wildman–Crippen LogP) is 1.27. The maximum absolute atomic E-state index is 13.3. The quantitative estimate of drug-likeness (QED) is 0.890. The lowest BCUT2D eigenvalue weighted by atomic mass is 10.0. The molecule has 2 N–H and O–H groups in total. The zero-order valence-electron chi connectivity index (χ0n) is 9.65. The van der Waals surface area contributed by atoms with E-state index in [0.29, 0.717) is 0 Å². The van der Waals surface area contributed by atoms with Crippen LogP contribution in [0.5, 0.6) is 0 Å². The van der Waals surface area contributed by atoms with Crippen LogP contribution in [0, 0.1) is 11.6 Å². The summed E-state index contributed by atoms with van der Waals surface area (Å²) in [6, 6.07) is 2.28. The van der Waals surface area contributed by atoms with Crippen LogP contribution in [0.4, 0.5) is 8.78 Å². The van der Waals surface area contributed by atoms with Crippen molar-refractivity contribution in [1.82, 2.24) is 0 Å². The maximum Gasteiger partial charge on any atom is 0.151 e. The lowest BCUT2D eigenvalue weighted by molar-refractivity contribution is 0.544. The number of halogens is 2. The van der Waals surface area contributed by atoms with E-state index in [1.807, 2.05) is 0 Å². The van der Waals surface area contributed by atoms with Crippen molar-refractivity contribution in [3.8, 4) is 0 Å². The van der Waals surface area contributed by atoms with Crippen LogP contribution in [-0.2, 0) is 16.3 Å². The van der Waals surface area contributed by atoms with Crippen molar-refractivity contribution in [2.75, 3.05) is 6.26 Å². The van der Waals surface area contributed by atoms with Crippen molar-refractivity contribution in [2.24, 2.45) is 5.73 Å². The smallest absolute Gasteiger partial charge is 0.151 e. The second kappa shape index (κ2) is 5.10. The van der Waals surface area contributed by atoms with Gasteiger partial charge in [-0.2, -0.15) is 0 Å². The second-order valence-electron chi connectivity index (χ2n) is 4.14. The fraction of sp³-hybridized carbons (Fsp3) is 0.455. The molecule has 0 saturated heterocycles. The molecule has 17 heavy (non-hydrogen) atoms. The predicted molar refractivity (Wildman–Crippen MR) is 62.3 cm³/mol. The highest BCUT2D eigenvalue weighted by Gasteiger charge is 2.23. The molecular formula is C11H15F2NO2S. The van der Waals surface area contributed by atoms with E-state index in [0.717, 1.165) is 24.5 Å². The van der Waals surface area contributed by atoms with E-state index in [1.54, 1.807) is 0 Å². The SMILES string of the molecule is CC(C(N)Cc1cc(F)ccc1F)S(C)(=O)=O. The number of hydrogen-bond donors (Lipinski definition) is 1. The average Bonchev–Trinajstić information content (AvgIpc) is 2.21. The van der Waals surface area contributed by atoms with Crippen molar-refractivity contribution >= 4 is 9.84 Å². The summed E-state index contributed by atoms with van der Waals surface area (Å²) in [6.07, 6.45) is 1.05. The molecule has 0 aromatic heterocycles. The lowest BCUT2D eigenvalue weighted by Crippen LogP contribution is -2.39. The Kier molecular flexibility index (Phi) is 4.21. The van der Waals surface area contributed by atoms with Crippen molar-refractivity contribution in [3.05, 3.63) is 35.4 Å². The Hall–Kier alpha value is -1.01. The van der Waals surface area contributed by atoms with Crippen LogP contribution in [0.1, 0.15) is 12.5 Å². The highest BCUT2D eigenvalue weighted by molar-refractivity contribution is 7.91. The third kappa shape index (κ3) is 3.74. The van der Waals surface area contributed by atoms with E-state index in [1.165, 1.54) is 6.92 Å². The molecule has 0 saturated carbocycles. The molecule has 0 aliphatic rings. The van der Waals surface area contributed by atoms with Gasteiger partial charge in [0.2, 0.25) is 0 Å². The monoisotopic (exact) mass is 263 g/mol. The minimum absolute atomic E-state index is 0.0160. The first kappa shape index (κ1) is 14.1. The average molecular weight is 263 g/mol. The fourth-order valence-corrected chi connectivity index (χ4v) is 2.17. The summed E-state index contributed by atoms with van der Waals surface area (Å²) in [6.45, 7) is 1.46. The molecule has 1 aromatic rings. The van der Waals surface area contributed by atoms with Gasteiger partial charge >= 0.3 is 0 Å². The molecule has 1 aromatic carbocycles. The second-order valence-corrected chi connectivity index (χ2v) is 6.54. The molecule has 0 spiro atoms. The van der Waals surface area contributed by atoms with Gasteiger partial charge in [-0.1, -0.05) is 0 Å². The maximum atomic E-state index is 13.3. The Morgan fingerprint density at radius 3 is 2.47 bits per heavy atom. The fourth-order valence-electron chi connectivity index (χ4n) is 1.44. The summed E-state index contributed by atoms with van der Waals surface area (Å²) in [5.41, 5.74) is 5.78. The van der Waals surface area contributed by atoms with Crippen LogP contribution in [-0.4, -0.2) is 26.0 Å². The molecule has 0 bridgehead atoms. The molecule has 0 fully saturated rings. The van der Waals surface area contributed by atoms with Gasteiger partial charge in [0.05, 0.1) is 5.25 Å². The van der Waals surface area contributed by atoms with E-state index in [9.17, 15) is 17.2 Å². The molecule has 0 aliphatic heterocycles. The van der Waals surface area contributed by atoms with Gasteiger partial charge in [-0.25, -0.2) is 17.2 Å². The van der Waals surface area contributed by atoms with Crippen molar-refractivity contribution in [3.63, 3.8) is 0 Å². The van der Waals surface area contributed by atoms with Gasteiger partial charge in [0.25, 0.3) is 0 Å². The Morgan fingerprint density at radius 2 is 1.94 bits per heavy atom. The number of hydrogen-bond acceptors (Lipinski definition) is 3. The standard InChI is InChI=1S/C11H15F2NO2S/c1-7(17(2,15)16)11(14)6-8-5-9(12)3-4-10(8)13/h3-5,7,11H,6,14H2,1-2H3. The summed E-state index contributed by atoms with van der Waals surface area (Å²) in [7, 11) is -3.29. The molecule has 0 heterocycles. The first-order chi connectivity index (χ1) is 7.71. The van der Waals surface area contributed by atoms with Gasteiger partial charge in [0.15, 0.2) is 9.84 Å². The van der Waals surface area contributed by atoms with Gasteiger partial charge < -0.3 is 5.73 Å². The third-order valence-electron chi connectivity index (χ3n) is 2.74. The van der Waals surface area contributed by atoms with Crippen LogP contribution in [0.3, 0.4) is 0 Å². The first-order valence-corrected chi connectivity index (χ1v) is 7.05. The minimum atomic E-state index is -3.29. The zero-order chi connectivity index (χ0) is 13.2. The van der Waals surface area contributed by atoms with Gasteiger partial charge in [-0.3, -0.25) is 0 Å². The van der Waals surface area contributed by atoms with Crippen molar-refractivity contribution < 1.29 is 17.2 Å². The molecule has 0 aliphatic carbocycles. The largest absolute Gasteiger partial charge is 0.326 e. The zero-order valence-corrected chi connectivity index (χ0v) is 10.5. The summed E-state index contributed by atoms with van der Waals surface area (Å²) in [4.78, 5) is 0. The lowest BCUT2D eigenvalue weighted by Gasteiger charge is -2.18. The van der Waals surface area contributed by atoms with Gasteiger partial charge in [-0.05, 0) is 37.1 Å². The summed E-state index contributed by atoms with van der Waals surface area (Å²) in [5.74, 6) is -1.15. The topological polar surface area (TPSA) is 60.2 Å². The molecule has 1 rings (SSSR count). The normalized spacial score (nSPS) is 15.6. The van der Waals surface area contributed by atoms with Crippen molar-refractivity contribution in [1.29, 1.82) is 0 Å². The summed E-state index contributed by atoms with van der Waals surface area (Å²) < 4.78 is 48.8. The highest BCUT2D eigenvalue weighted by Crippen LogP contribution is 2.14. The number of sulfone groups is 1. The molecular weight excluding hydrogens is 248 g/mol. The van der Waals surface area contributed by atoms with E-state index in [2.05, 4.69) is 0 Å². The molecule has 2 unspecified atom stereocenters. The Morgan fingerprint density at radius 1 is 1.35 bits per heavy atom. The molecule has 96 valence electrons.